The first-order chi connectivity index (χ1) is 16.1. The minimum atomic E-state index is -1.19. The Morgan fingerprint density at radius 1 is 0.971 bits per heavy atom. The highest BCUT2D eigenvalue weighted by Crippen LogP contribution is 2.51. The van der Waals surface area contributed by atoms with Crippen molar-refractivity contribution in [2.75, 3.05) is 18.0 Å². The van der Waals surface area contributed by atoms with Gasteiger partial charge < -0.3 is 10.0 Å². The zero-order chi connectivity index (χ0) is 24.3. The van der Waals surface area contributed by atoms with Crippen LogP contribution < -0.4 is 4.90 Å². The molecule has 1 N–H and O–H groups in total. The van der Waals surface area contributed by atoms with Crippen LogP contribution in [-0.4, -0.2) is 24.2 Å². The molecule has 0 amide bonds. The zero-order valence-electron chi connectivity index (χ0n) is 19.9. The molecule has 0 fully saturated rings. The van der Waals surface area contributed by atoms with E-state index in [-0.39, 0.29) is 16.5 Å². The summed E-state index contributed by atoms with van der Waals surface area (Å²) in [6, 6.07) is 13.1. The molecule has 174 valence electrons. The molecule has 34 heavy (non-hydrogen) atoms. The number of carboxylic acids is 1. The molecular weight excluding hydrogens is 460 g/mol. The van der Waals surface area contributed by atoms with E-state index in [1.165, 1.54) is 57.5 Å². The molecule has 2 aromatic heterocycles. The van der Waals surface area contributed by atoms with E-state index in [0.29, 0.717) is 0 Å². The maximum atomic E-state index is 11.2. The fourth-order valence-corrected chi connectivity index (χ4v) is 7.08. The number of hydrogen-bond donors (Lipinski definition) is 1. The lowest BCUT2D eigenvalue weighted by atomic mass is 9.69. The van der Waals surface area contributed by atoms with Crippen molar-refractivity contribution in [3.63, 3.8) is 0 Å². The topological polar surface area (TPSA) is 44.9 Å². The van der Waals surface area contributed by atoms with Gasteiger partial charge in [-0.15, -0.1) is 22.7 Å². The summed E-state index contributed by atoms with van der Waals surface area (Å²) in [5.74, 6) is -1.19. The molecule has 0 atom stereocenters. The monoisotopic (exact) mass is 488 g/mol. The van der Waals surface area contributed by atoms with Gasteiger partial charge in [-0.2, -0.15) is 0 Å². The summed E-state index contributed by atoms with van der Waals surface area (Å²) in [4.78, 5) is 21.1. The number of hydrogen-bond acceptors (Lipinski definition) is 4. The predicted octanol–water partition coefficient (Wildman–Crippen LogP) is 7.66. The molecule has 0 radical (unpaired) electrons. The van der Waals surface area contributed by atoms with Crippen molar-refractivity contribution < 1.29 is 9.90 Å². The summed E-state index contributed by atoms with van der Waals surface area (Å²) in [5, 5.41) is 9.13. The van der Waals surface area contributed by atoms with Gasteiger partial charge >= 0.3 is 5.97 Å². The smallest absolute Gasteiger partial charge is 0.333 e. The van der Waals surface area contributed by atoms with Crippen LogP contribution in [0.3, 0.4) is 0 Å². The van der Waals surface area contributed by atoms with Crippen LogP contribution in [-0.2, 0) is 15.6 Å². The fraction of sp³-hybridized carbons (Fsp3) is 0.357. The minimum Gasteiger partial charge on any atom is -0.486 e. The SMILES string of the molecule is [C-]#[N+]/C(=C\c1ccc(-c2ccc(-c3cc4c5c(c3)C(C)(C)CCN5CCC4(C)C)s2)s1)C(=O)O. The third-order valence-corrected chi connectivity index (χ3v) is 9.64. The number of aliphatic carboxylic acids is 1. The van der Waals surface area contributed by atoms with E-state index in [4.69, 9.17) is 11.7 Å². The summed E-state index contributed by atoms with van der Waals surface area (Å²) >= 11 is 3.29. The number of rotatable bonds is 4. The lowest BCUT2D eigenvalue weighted by Crippen LogP contribution is -2.44. The van der Waals surface area contributed by atoms with Gasteiger partial charge in [0.2, 0.25) is 0 Å². The number of benzene rings is 1. The third-order valence-electron chi connectivity index (χ3n) is 7.28. The third kappa shape index (κ3) is 3.87. The van der Waals surface area contributed by atoms with E-state index in [0.717, 1.165) is 27.7 Å². The molecule has 0 saturated carbocycles. The molecule has 0 bridgehead atoms. The second-order valence-electron chi connectivity index (χ2n) is 10.5. The van der Waals surface area contributed by atoms with Gasteiger partial charge in [-0.1, -0.05) is 27.7 Å². The Kier molecular flexibility index (Phi) is 5.46. The molecule has 2 aliphatic rings. The van der Waals surface area contributed by atoms with Gasteiger partial charge in [0.05, 0.1) is 6.57 Å². The standard InChI is InChI=1S/C28H28N2O2S2/c1-27(2)10-12-30-13-11-28(3,4)20-15-17(14-19(27)25(20)30)22-8-9-24(34-22)23-7-6-18(33-23)16-21(29-5)26(31)32/h6-9,14-16H,10-13H2,1-4H3,(H,31,32)/b21-16-. The largest absolute Gasteiger partial charge is 0.486 e. The normalized spacial score (nSPS) is 18.3. The van der Waals surface area contributed by atoms with Crippen LogP contribution >= 0.6 is 22.7 Å². The van der Waals surface area contributed by atoms with Gasteiger partial charge in [0.15, 0.2) is 0 Å². The van der Waals surface area contributed by atoms with Gasteiger partial charge in [-0.25, -0.2) is 4.85 Å². The van der Waals surface area contributed by atoms with Crippen LogP contribution in [0.5, 0.6) is 0 Å². The highest BCUT2D eigenvalue weighted by molar-refractivity contribution is 7.24. The van der Waals surface area contributed by atoms with Crippen molar-refractivity contribution in [1.82, 2.24) is 0 Å². The van der Waals surface area contributed by atoms with Crippen molar-refractivity contribution in [3.8, 4) is 20.2 Å². The van der Waals surface area contributed by atoms with Gasteiger partial charge in [0.1, 0.15) is 0 Å². The molecular formula is C28H28N2O2S2. The highest BCUT2D eigenvalue weighted by Gasteiger charge is 2.40. The summed E-state index contributed by atoms with van der Waals surface area (Å²) in [6.07, 6.45) is 3.79. The van der Waals surface area contributed by atoms with E-state index in [2.05, 4.69) is 61.7 Å². The van der Waals surface area contributed by atoms with Gasteiger partial charge in [-0.3, -0.25) is 4.79 Å². The van der Waals surface area contributed by atoms with Crippen molar-refractivity contribution in [2.24, 2.45) is 0 Å². The number of nitrogens with zero attached hydrogens (tertiary/aromatic N) is 2. The van der Waals surface area contributed by atoms with Crippen molar-refractivity contribution in [3.05, 3.63) is 69.5 Å². The average molecular weight is 489 g/mol. The number of thiophene rings is 2. The molecule has 6 heteroatoms. The van der Waals surface area contributed by atoms with Crippen LogP contribution in [0.4, 0.5) is 5.69 Å². The molecule has 4 heterocycles. The molecule has 4 nitrogen and oxygen atoms in total. The first-order valence-corrected chi connectivity index (χ1v) is 13.2. The lowest BCUT2D eigenvalue weighted by molar-refractivity contribution is -0.132. The molecule has 0 aliphatic carbocycles. The Balaban J connectivity index is 1.55. The van der Waals surface area contributed by atoms with E-state index in [9.17, 15) is 4.79 Å². The molecule has 0 spiro atoms. The summed E-state index contributed by atoms with van der Waals surface area (Å²) < 4.78 is 0. The van der Waals surface area contributed by atoms with Crippen molar-refractivity contribution in [2.45, 2.75) is 51.4 Å². The Hall–Kier alpha value is -2.88. The van der Waals surface area contributed by atoms with E-state index < -0.39 is 5.97 Å². The predicted molar refractivity (Wildman–Crippen MR) is 143 cm³/mol. The van der Waals surface area contributed by atoms with Crippen molar-refractivity contribution >= 4 is 40.4 Å². The number of anilines is 1. The minimum absolute atomic E-state index is 0.157. The summed E-state index contributed by atoms with van der Waals surface area (Å²) in [6.45, 7) is 18.8. The van der Waals surface area contributed by atoms with Gasteiger partial charge in [0.25, 0.3) is 5.70 Å². The van der Waals surface area contributed by atoms with Crippen LogP contribution in [0.15, 0.2) is 42.1 Å². The maximum Gasteiger partial charge on any atom is 0.333 e. The molecule has 5 rings (SSSR count). The first-order valence-electron chi connectivity index (χ1n) is 11.6. The number of carboxylic acid groups (broad SMARTS) is 1. The van der Waals surface area contributed by atoms with Crippen LogP contribution in [0.2, 0.25) is 0 Å². The van der Waals surface area contributed by atoms with Crippen molar-refractivity contribution in [1.29, 1.82) is 0 Å². The Labute approximate surface area is 209 Å². The Morgan fingerprint density at radius 2 is 1.53 bits per heavy atom. The first kappa shape index (κ1) is 22.9. The number of carbonyl (C=O) groups is 1. The van der Waals surface area contributed by atoms with E-state index >= 15 is 0 Å². The van der Waals surface area contributed by atoms with Crippen LogP contribution in [0.1, 0.15) is 56.5 Å². The second kappa shape index (κ2) is 8.11. The van der Waals surface area contributed by atoms with Crippen LogP contribution in [0.25, 0.3) is 31.1 Å². The molecule has 2 aliphatic heterocycles. The van der Waals surface area contributed by atoms with E-state index in [1.807, 2.05) is 12.1 Å². The molecule has 1 aromatic carbocycles. The summed E-state index contributed by atoms with van der Waals surface area (Å²) in [5.41, 5.74) is 5.75. The quantitative estimate of drug-likeness (QED) is 0.303. The Morgan fingerprint density at radius 3 is 2.12 bits per heavy atom. The maximum absolute atomic E-state index is 11.2. The fourth-order valence-electron chi connectivity index (χ4n) is 5.05. The molecule has 0 unspecified atom stereocenters. The second-order valence-corrected chi connectivity index (χ2v) is 12.7. The van der Waals surface area contributed by atoms with Gasteiger partial charge in [0, 0.05) is 38.3 Å². The van der Waals surface area contributed by atoms with E-state index in [1.54, 1.807) is 11.3 Å². The lowest BCUT2D eigenvalue weighted by Gasteiger charge is -2.48. The highest BCUT2D eigenvalue weighted by atomic mass is 32.1. The average Bonchev–Trinajstić information content (AvgIpc) is 3.45. The van der Waals surface area contributed by atoms with Crippen LogP contribution in [0, 0.1) is 6.57 Å². The Bertz CT molecular complexity index is 1330. The summed E-state index contributed by atoms with van der Waals surface area (Å²) in [7, 11) is 0. The van der Waals surface area contributed by atoms with Gasteiger partial charge in [-0.05, 0) is 82.8 Å². The zero-order valence-corrected chi connectivity index (χ0v) is 21.6. The molecule has 0 saturated heterocycles. The molecule has 3 aromatic rings.